The molecule has 0 aliphatic carbocycles. The van der Waals surface area contributed by atoms with Gasteiger partial charge in [0.25, 0.3) is 0 Å². The lowest BCUT2D eigenvalue weighted by atomic mass is 10.2. The summed E-state index contributed by atoms with van der Waals surface area (Å²) >= 11 is 1.80. The van der Waals surface area contributed by atoms with Gasteiger partial charge in [-0.25, -0.2) is 8.42 Å². The largest absolute Gasteiger partial charge is 0.744 e. The molecule has 0 fully saturated rings. The highest BCUT2D eigenvalue weighted by Crippen LogP contribution is 2.34. The maximum atomic E-state index is 12.0. The van der Waals surface area contributed by atoms with E-state index in [0.29, 0.717) is 24.3 Å². The fraction of sp³-hybridized carbons (Fsp3) is 0.0323. The Morgan fingerprint density at radius 1 is 0.550 bits per heavy atom. The Balaban J connectivity index is 0.000000224. The van der Waals surface area contributed by atoms with Crippen LogP contribution in [0.4, 0.5) is 13.2 Å². The van der Waals surface area contributed by atoms with Crippen molar-refractivity contribution in [1.82, 2.24) is 0 Å². The Morgan fingerprint density at radius 2 is 0.950 bits per heavy atom. The van der Waals surface area contributed by atoms with Crippen LogP contribution in [0.5, 0.6) is 0 Å². The van der Waals surface area contributed by atoms with Crippen LogP contribution < -0.4 is 0 Å². The van der Waals surface area contributed by atoms with Crippen LogP contribution in [0.2, 0.25) is 0 Å². The van der Waals surface area contributed by atoms with Gasteiger partial charge in [-0.2, -0.15) is 13.2 Å². The predicted octanol–water partition coefficient (Wildman–Crippen LogP) is 8.54. The molecule has 0 bridgehead atoms. The normalized spacial score (nSPS) is 11.5. The fourth-order valence-corrected chi connectivity index (χ4v) is 6.99. The van der Waals surface area contributed by atoms with Crippen molar-refractivity contribution in [3.8, 4) is 0 Å². The predicted molar refractivity (Wildman–Crippen MR) is 151 cm³/mol. The maximum Gasteiger partial charge on any atom is 0.416 e. The Kier molecular flexibility index (Phi) is 9.76. The standard InChI is InChI=1S/C24H19S2.C7H5F3O3S/c1-4-10-20(11-5-1)25-21-16-18-24(19-17-21)26(22-12-6-2-7-13-22)23-14-8-3-9-15-23;8-7(9,10)5-1-3-6(4-2-5)14(11,12)13/h1-19H;1-4H,(H,11,12,13)/q+1;/p-1. The van der Waals surface area contributed by atoms with Crippen molar-refractivity contribution in [3.63, 3.8) is 0 Å². The van der Waals surface area contributed by atoms with Crippen LogP contribution in [0.15, 0.2) is 169 Å². The number of hydrogen-bond acceptors (Lipinski definition) is 4. The van der Waals surface area contributed by atoms with E-state index in [0.717, 1.165) is 0 Å². The van der Waals surface area contributed by atoms with E-state index in [2.05, 4.69) is 115 Å². The van der Waals surface area contributed by atoms with Gasteiger partial charge in [0.2, 0.25) is 0 Å². The fourth-order valence-electron chi connectivity index (χ4n) is 3.60. The van der Waals surface area contributed by atoms with Crippen molar-refractivity contribution in [2.24, 2.45) is 0 Å². The van der Waals surface area contributed by atoms with E-state index >= 15 is 0 Å². The third-order valence-electron chi connectivity index (χ3n) is 5.47. The van der Waals surface area contributed by atoms with Crippen LogP contribution in [0, 0.1) is 0 Å². The van der Waals surface area contributed by atoms with Gasteiger partial charge in [-0.1, -0.05) is 66.4 Å². The molecule has 0 saturated heterocycles. The molecule has 0 heterocycles. The van der Waals surface area contributed by atoms with Crippen LogP contribution in [-0.2, 0) is 27.2 Å². The lowest BCUT2D eigenvalue weighted by molar-refractivity contribution is -0.137. The average Bonchev–Trinajstić information content (AvgIpc) is 2.95. The minimum atomic E-state index is -4.68. The highest BCUT2D eigenvalue weighted by Gasteiger charge is 2.30. The number of alkyl halides is 3. The van der Waals surface area contributed by atoms with Crippen LogP contribution in [0.25, 0.3) is 0 Å². The summed E-state index contributed by atoms with van der Waals surface area (Å²) in [5.74, 6) is 0. The molecule has 0 radical (unpaired) electrons. The summed E-state index contributed by atoms with van der Waals surface area (Å²) in [5.41, 5.74) is -0.995. The summed E-state index contributed by atoms with van der Waals surface area (Å²) in [6, 6.07) is 43.4. The van der Waals surface area contributed by atoms with Crippen molar-refractivity contribution >= 4 is 32.8 Å². The molecule has 5 aromatic carbocycles. The zero-order chi connectivity index (χ0) is 28.6. The maximum absolute atomic E-state index is 12.0. The second-order valence-corrected chi connectivity index (χ2v) is 12.8. The molecule has 0 atom stereocenters. The smallest absolute Gasteiger partial charge is 0.416 e. The highest BCUT2D eigenvalue weighted by molar-refractivity contribution is 7.99. The molecule has 0 spiro atoms. The molecule has 5 rings (SSSR count). The first-order valence-electron chi connectivity index (χ1n) is 11.9. The van der Waals surface area contributed by atoms with Gasteiger partial charge < -0.3 is 4.55 Å². The lowest BCUT2D eigenvalue weighted by Crippen LogP contribution is -2.05. The summed E-state index contributed by atoms with van der Waals surface area (Å²) in [6.07, 6.45) is -4.54. The molecule has 0 saturated carbocycles. The van der Waals surface area contributed by atoms with Gasteiger partial charge in [0.15, 0.2) is 14.7 Å². The molecule has 40 heavy (non-hydrogen) atoms. The number of benzene rings is 5. The Labute approximate surface area is 238 Å². The van der Waals surface area contributed by atoms with Gasteiger partial charge in [-0.3, -0.25) is 0 Å². The van der Waals surface area contributed by atoms with Crippen molar-refractivity contribution < 1.29 is 26.1 Å². The Bertz CT molecular complexity index is 1550. The quantitative estimate of drug-likeness (QED) is 0.146. The molecule has 0 aliphatic heterocycles. The molecular formula is C31H23F3O3S3. The average molecular weight is 597 g/mol. The van der Waals surface area contributed by atoms with E-state index in [-0.39, 0.29) is 10.9 Å². The molecule has 5 aromatic rings. The number of halogens is 3. The molecule has 9 heteroatoms. The second-order valence-electron chi connectivity index (χ2n) is 8.30. The lowest BCUT2D eigenvalue weighted by Gasteiger charge is -2.09. The van der Waals surface area contributed by atoms with Crippen molar-refractivity contribution in [1.29, 1.82) is 0 Å². The van der Waals surface area contributed by atoms with E-state index in [1.54, 1.807) is 11.8 Å². The first-order chi connectivity index (χ1) is 19.1. The van der Waals surface area contributed by atoms with Gasteiger partial charge in [0, 0.05) is 9.79 Å². The van der Waals surface area contributed by atoms with Crippen LogP contribution in [-0.4, -0.2) is 13.0 Å². The Morgan fingerprint density at radius 3 is 1.38 bits per heavy atom. The van der Waals surface area contributed by atoms with Crippen molar-refractivity contribution in [2.75, 3.05) is 0 Å². The molecule has 0 unspecified atom stereocenters. The molecular weight excluding hydrogens is 574 g/mol. The monoisotopic (exact) mass is 596 g/mol. The first kappa shape index (κ1) is 29.5. The third kappa shape index (κ3) is 8.25. The summed E-state index contributed by atoms with van der Waals surface area (Å²) in [6.45, 7) is 0. The summed E-state index contributed by atoms with van der Waals surface area (Å²) < 4.78 is 67.0. The van der Waals surface area contributed by atoms with E-state index in [1.165, 1.54) is 24.5 Å². The minimum Gasteiger partial charge on any atom is -0.744 e. The summed E-state index contributed by atoms with van der Waals surface area (Å²) in [5, 5.41) is 0. The molecule has 0 aromatic heterocycles. The van der Waals surface area contributed by atoms with Crippen LogP contribution in [0.1, 0.15) is 5.56 Å². The third-order valence-corrected chi connectivity index (χ3v) is 9.56. The van der Waals surface area contributed by atoms with Gasteiger partial charge in [-0.15, -0.1) is 0 Å². The summed E-state index contributed by atoms with van der Waals surface area (Å²) in [4.78, 5) is 5.91. The zero-order valence-electron chi connectivity index (χ0n) is 20.9. The molecule has 204 valence electrons. The molecule has 3 nitrogen and oxygen atoms in total. The van der Waals surface area contributed by atoms with E-state index in [9.17, 15) is 26.1 Å². The van der Waals surface area contributed by atoms with Crippen molar-refractivity contribution in [2.45, 2.75) is 35.5 Å². The van der Waals surface area contributed by atoms with Gasteiger partial charge in [-0.05, 0) is 84.9 Å². The Hall–Kier alpha value is -3.50. The molecule has 0 aliphatic rings. The SMILES string of the molecule is O=S(=O)([O-])c1ccc(C(F)(F)F)cc1.c1ccc(Sc2ccc([S+](c3ccccc3)c3ccccc3)cc2)cc1. The highest BCUT2D eigenvalue weighted by atomic mass is 32.2. The van der Waals surface area contributed by atoms with Gasteiger partial charge in [0.1, 0.15) is 10.1 Å². The van der Waals surface area contributed by atoms with Crippen LogP contribution >= 0.6 is 11.8 Å². The zero-order valence-corrected chi connectivity index (χ0v) is 23.3. The number of hydrogen-bond donors (Lipinski definition) is 0. The topological polar surface area (TPSA) is 57.2 Å². The van der Waals surface area contributed by atoms with E-state index in [4.69, 9.17) is 0 Å². The van der Waals surface area contributed by atoms with Crippen molar-refractivity contribution in [3.05, 3.63) is 145 Å². The molecule has 0 N–H and O–H groups in total. The van der Waals surface area contributed by atoms with Gasteiger partial charge in [0.05, 0.1) is 21.4 Å². The minimum absolute atomic E-state index is 0.0786. The van der Waals surface area contributed by atoms with Crippen LogP contribution in [0.3, 0.4) is 0 Å². The summed E-state index contributed by atoms with van der Waals surface area (Å²) in [7, 11) is -4.76. The number of rotatable bonds is 6. The first-order valence-corrected chi connectivity index (χ1v) is 15.4. The second kappa shape index (κ2) is 13.2. The van der Waals surface area contributed by atoms with E-state index < -0.39 is 26.8 Å². The van der Waals surface area contributed by atoms with E-state index in [1.807, 2.05) is 0 Å². The van der Waals surface area contributed by atoms with Gasteiger partial charge >= 0.3 is 6.18 Å². The molecule has 0 amide bonds.